The summed E-state index contributed by atoms with van der Waals surface area (Å²) in [7, 11) is -4.33. The van der Waals surface area contributed by atoms with Gasteiger partial charge in [0.2, 0.25) is 0 Å². The summed E-state index contributed by atoms with van der Waals surface area (Å²) in [4.78, 5) is 48.2. The Morgan fingerprint density at radius 2 is 0.833 bits per heavy atom. The third kappa shape index (κ3) is 23.0. The van der Waals surface area contributed by atoms with Crippen molar-refractivity contribution in [1.82, 2.24) is 10.3 Å². The van der Waals surface area contributed by atoms with Crippen molar-refractivity contribution >= 4 is 74.3 Å². The Hall–Kier alpha value is -9.30. The molecule has 0 bridgehead atoms. The first kappa shape index (κ1) is 80.9. The Morgan fingerprint density at radius 1 is 0.500 bits per heavy atom. The van der Waals surface area contributed by atoms with E-state index < -0.39 is 80.5 Å². The molecule has 0 fully saturated rings. The summed E-state index contributed by atoms with van der Waals surface area (Å²) >= 11 is 3.14. The number of carboxylic acids is 1. The number of benzene rings is 5. The molecule has 27 heteroatoms. The largest absolute Gasteiger partial charge is 0.480 e. The van der Waals surface area contributed by atoms with Gasteiger partial charge in [-0.1, -0.05) is 51.9 Å². The standard InChI is InChI=1S/C19H21FN2O4S.C19H21FN2O2S.C13H14FNO2S.C11H10FNO2S.C7H5FN2/c1-18(2,3)17-10-13(22-26-17)9-16(23)19(4,5)27(24,25)15-7-6-12(11-21)8-14(15)20;1-18(2,3)17-10-13(22-24-17)9-16(23)19(4,5)25-15-7-6-12(11-21)8-14(15)20;1-4-17-12(16)13(2,3)18-11-6-5-9(8-15)7-10(11)14;1-11(2,10(14)15)16-9-4-3-7(6-13)5-8(9)12;8-6-3-5(4-9)1-2-7(6)10/h6-8,10H,9H2,1-5H3;6-8,10H,9H2,1-5H3;5-7H,4H2,1-3H3;3-5H,1-2H3,(H,14,15);1-3H,10H2. The normalized spacial score (nSPS) is 11.4. The highest BCUT2D eigenvalue weighted by Gasteiger charge is 2.44. The second kappa shape index (κ2) is 33.9. The van der Waals surface area contributed by atoms with Gasteiger partial charge in [0.05, 0.1) is 99.4 Å². The second-order valence-electron chi connectivity index (χ2n) is 24.8. The summed E-state index contributed by atoms with van der Waals surface area (Å²) in [5.41, 5.74) is 6.64. The molecule has 7 aromatic rings. The van der Waals surface area contributed by atoms with Gasteiger partial charge in [-0.3, -0.25) is 19.2 Å². The van der Waals surface area contributed by atoms with Gasteiger partial charge in [0, 0.05) is 37.6 Å². The minimum atomic E-state index is -4.33. The minimum Gasteiger partial charge on any atom is -0.480 e. The maximum Gasteiger partial charge on any atom is 0.321 e. The van der Waals surface area contributed by atoms with Crippen LogP contribution in [0.2, 0.25) is 0 Å². The Labute approximate surface area is 567 Å². The highest BCUT2D eigenvalue weighted by Crippen LogP contribution is 2.39. The van der Waals surface area contributed by atoms with Crippen LogP contribution in [0.25, 0.3) is 0 Å². The summed E-state index contributed by atoms with van der Waals surface area (Å²) in [5, 5.41) is 59.8. The monoisotopic (exact) mass is 1390 g/mol. The number of rotatable bonds is 17. The lowest BCUT2D eigenvalue weighted by molar-refractivity contribution is -0.145. The number of ketones is 2. The summed E-state index contributed by atoms with van der Waals surface area (Å²) in [6.07, 6.45) is -0.138. The number of anilines is 1. The van der Waals surface area contributed by atoms with Gasteiger partial charge < -0.3 is 24.6 Å². The zero-order valence-electron chi connectivity index (χ0n) is 55.3. The number of hydrogen-bond donors (Lipinski definition) is 2. The first-order chi connectivity index (χ1) is 44.3. The number of thioether (sulfide) groups is 3. The first-order valence-electron chi connectivity index (χ1n) is 28.8. The highest BCUT2D eigenvalue weighted by atomic mass is 32.2. The van der Waals surface area contributed by atoms with Gasteiger partial charge in [0.15, 0.2) is 21.4 Å². The quantitative estimate of drug-likeness (QED) is 0.0370. The van der Waals surface area contributed by atoms with Crippen LogP contribution in [0.5, 0.6) is 0 Å². The third-order valence-electron chi connectivity index (χ3n) is 13.3. The van der Waals surface area contributed by atoms with Gasteiger partial charge in [0.25, 0.3) is 0 Å². The van der Waals surface area contributed by atoms with E-state index in [1.54, 1.807) is 65.0 Å². The van der Waals surface area contributed by atoms with Gasteiger partial charge in [0.1, 0.15) is 59.7 Å². The molecule has 0 spiro atoms. The Kier molecular flexibility index (Phi) is 28.6. The van der Waals surface area contributed by atoms with Crippen LogP contribution >= 0.6 is 35.3 Å². The van der Waals surface area contributed by atoms with Crippen LogP contribution in [0.3, 0.4) is 0 Å². The molecule has 0 amide bonds. The van der Waals surface area contributed by atoms with E-state index in [0.717, 1.165) is 71.4 Å². The van der Waals surface area contributed by atoms with Gasteiger partial charge >= 0.3 is 11.9 Å². The molecule has 2 aromatic heterocycles. The van der Waals surface area contributed by atoms with E-state index in [4.69, 9.17) is 50.9 Å². The number of nitrogens with zero attached hydrogens (tertiary/aromatic N) is 7. The molecule has 0 saturated heterocycles. The van der Waals surface area contributed by atoms with Crippen molar-refractivity contribution in [3.8, 4) is 30.3 Å². The lowest BCUT2D eigenvalue weighted by atomic mass is 9.92. The molecule has 506 valence electrons. The molecule has 0 aliphatic heterocycles. The number of esters is 1. The van der Waals surface area contributed by atoms with Crippen molar-refractivity contribution in [1.29, 1.82) is 26.3 Å². The topological polar surface area (TPSA) is 329 Å². The molecule has 0 unspecified atom stereocenters. The summed E-state index contributed by atoms with van der Waals surface area (Å²) in [6.45, 7) is 26.1. The molecule has 0 aliphatic rings. The molecule has 5 aromatic carbocycles. The fourth-order valence-electron chi connectivity index (χ4n) is 7.29. The maximum absolute atomic E-state index is 14.2. The third-order valence-corrected chi connectivity index (χ3v) is 19.6. The number of nitrogen functional groups attached to an aromatic ring is 1. The van der Waals surface area contributed by atoms with Crippen molar-refractivity contribution in [2.24, 2.45) is 0 Å². The highest BCUT2D eigenvalue weighted by molar-refractivity contribution is 8.02. The number of Topliss-reactive ketones (excluding diaryl/α,β-unsaturated/α-hetero) is 2. The number of carboxylic acid groups (broad SMARTS) is 1. The average molecular weight is 1400 g/mol. The van der Waals surface area contributed by atoms with Crippen molar-refractivity contribution in [3.05, 3.63) is 183 Å². The van der Waals surface area contributed by atoms with Crippen LogP contribution in [-0.2, 0) is 57.4 Å². The van der Waals surface area contributed by atoms with Crippen LogP contribution < -0.4 is 5.73 Å². The number of ether oxygens (including phenoxy) is 1. The van der Waals surface area contributed by atoms with E-state index in [1.165, 1.54) is 82.3 Å². The number of nitriles is 5. The summed E-state index contributed by atoms with van der Waals surface area (Å²) < 4.78 is 104. The van der Waals surface area contributed by atoms with E-state index in [1.807, 2.05) is 59.8 Å². The van der Waals surface area contributed by atoms with Gasteiger partial charge in [-0.05, 0) is 153 Å². The molecule has 18 nitrogen and oxygen atoms in total. The fourth-order valence-corrected chi connectivity index (χ4v) is 11.7. The van der Waals surface area contributed by atoms with Gasteiger partial charge in [-0.2, -0.15) is 26.3 Å². The van der Waals surface area contributed by atoms with Crippen molar-refractivity contribution in [3.63, 3.8) is 0 Å². The Bertz CT molecular complexity index is 4330. The molecular formula is C69H71F5N8O10S4. The average Bonchev–Trinajstić information content (AvgIpc) is 0.775. The van der Waals surface area contributed by atoms with E-state index in [-0.39, 0.29) is 67.9 Å². The number of carbonyl (C=O) groups is 4. The van der Waals surface area contributed by atoms with Gasteiger partial charge in [-0.15, -0.1) is 35.3 Å². The van der Waals surface area contributed by atoms with Crippen LogP contribution in [0.15, 0.2) is 132 Å². The molecule has 0 aliphatic carbocycles. The molecule has 0 saturated carbocycles. The van der Waals surface area contributed by atoms with E-state index in [9.17, 15) is 49.5 Å². The summed E-state index contributed by atoms with van der Waals surface area (Å²) in [6, 6.07) is 31.9. The van der Waals surface area contributed by atoms with Crippen LogP contribution in [0.1, 0.15) is 155 Å². The van der Waals surface area contributed by atoms with Crippen molar-refractivity contribution < 1.29 is 68.4 Å². The lowest BCUT2D eigenvalue weighted by Crippen LogP contribution is -2.42. The number of aliphatic carboxylic acids is 1. The van der Waals surface area contributed by atoms with Crippen LogP contribution in [-0.4, -0.2) is 72.9 Å². The molecule has 96 heavy (non-hydrogen) atoms. The number of hydrogen-bond acceptors (Lipinski definition) is 20. The first-order valence-corrected chi connectivity index (χ1v) is 32.7. The fraction of sp³-hybridized carbons (Fsp3) is 0.348. The van der Waals surface area contributed by atoms with Crippen molar-refractivity contribution in [2.45, 2.75) is 166 Å². The molecule has 3 N–H and O–H groups in total. The SMILES string of the molecule is CC(C)(C)c1cc(CC(=O)C(C)(C)S(=O)(=O)c2ccc(C#N)cc2F)no1.CC(C)(Sc1ccc(C#N)cc1F)C(=O)Cc1cc(C(C)(C)C)on1.CC(C)(Sc1ccc(C#N)cc1F)C(=O)O.CCOC(=O)C(C)(C)Sc1ccc(C#N)cc1F.N#Cc1ccc(N)c(F)c1. The number of sulfone groups is 1. The number of nitrogens with two attached hydrogens (primary N) is 1. The predicted octanol–water partition coefficient (Wildman–Crippen LogP) is 15.1. The Morgan fingerprint density at radius 3 is 1.16 bits per heavy atom. The van der Waals surface area contributed by atoms with Gasteiger partial charge in [-0.25, -0.2) is 30.4 Å². The maximum atomic E-state index is 14.2. The Balaban J connectivity index is 0.000000323. The minimum absolute atomic E-state index is 0.00658. The lowest BCUT2D eigenvalue weighted by Gasteiger charge is -2.23. The van der Waals surface area contributed by atoms with Crippen molar-refractivity contribution in [2.75, 3.05) is 12.3 Å². The van der Waals surface area contributed by atoms with Crippen LogP contribution in [0, 0.1) is 85.7 Å². The predicted molar refractivity (Wildman–Crippen MR) is 353 cm³/mol. The number of aromatic nitrogens is 2. The zero-order valence-corrected chi connectivity index (χ0v) is 58.6. The number of halogens is 5. The second-order valence-corrected chi connectivity index (χ2v) is 32.3. The van der Waals surface area contributed by atoms with E-state index in [0.29, 0.717) is 33.5 Å². The number of carbonyl (C=O) groups excluding carboxylic acids is 3. The molecule has 0 radical (unpaired) electrons. The zero-order chi connectivity index (χ0) is 73.1. The smallest absolute Gasteiger partial charge is 0.321 e. The molecular weight excluding hydrogens is 1320 g/mol. The molecule has 7 rings (SSSR count). The molecule has 2 heterocycles. The molecule has 0 atom stereocenters. The van der Waals surface area contributed by atoms with Crippen LogP contribution in [0.4, 0.5) is 27.6 Å². The summed E-state index contributed by atoms with van der Waals surface area (Å²) in [5.74, 6) is -4.00. The van der Waals surface area contributed by atoms with E-state index >= 15 is 0 Å². The van der Waals surface area contributed by atoms with E-state index in [2.05, 4.69) is 10.3 Å².